The van der Waals surface area contributed by atoms with Gasteiger partial charge in [0.25, 0.3) is 0 Å². The smallest absolute Gasteiger partial charge is 0.319 e. The van der Waals surface area contributed by atoms with Crippen LogP contribution in [-0.2, 0) is 4.79 Å². The van der Waals surface area contributed by atoms with Crippen molar-refractivity contribution in [2.45, 2.75) is 57.3 Å². The minimum absolute atomic E-state index is 0.0111. The van der Waals surface area contributed by atoms with Gasteiger partial charge < -0.3 is 14.5 Å². The fraction of sp³-hybridized carbons (Fsp3) is 0.357. The van der Waals surface area contributed by atoms with Crippen LogP contribution < -0.4 is 9.64 Å². The van der Waals surface area contributed by atoms with E-state index in [2.05, 4.69) is 36.8 Å². The third kappa shape index (κ3) is 6.75. The monoisotopic (exact) mass is 757 g/mol. The number of alkyl halides is 1. The molecule has 1 amide bonds. The number of carbonyl (C=O) groups is 1. The molecule has 3 aliphatic heterocycles. The van der Waals surface area contributed by atoms with Gasteiger partial charge in [0, 0.05) is 61.5 Å². The Labute approximate surface area is 321 Å². The Bertz CT molecular complexity index is 2480. The molecule has 3 fully saturated rings. The lowest BCUT2D eigenvalue weighted by Gasteiger charge is -2.41. The molecule has 0 aliphatic carbocycles. The van der Waals surface area contributed by atoms with Crippen molar-refractivity contribution < 1.29 is 22.7 Å². The van der Waals surface area contributed by atoms with Crippen molar-refractivity contribution in [1.82, 2.24) is 34.7 Å². The van der Waals surface area contributed by atoms with Crippen molar-refractivity contribution in [1.29, 1.82) is 5.26 Å². The van der Waals surface area contributed by atoms with E-state index in [1.54, 1.807) is 48.2 Å². The highest BCUT2D eigenvalue weighted by molar-refractivity contribution is 6.02. The van der Waals surface area contributed by atoms with E-state index in [1.807, 2.05) is 11.8 Å². The third-order valence-electron chi connectivity index (χ3n) is 11.0. The van der Waals surface area contributed by atoms with Gasteiger partial charge >= 0.3 is 6.01 Å². The van der Waals surface area contributed by atoms with Gasteiger partial charge in [-0.2, -0.15) is 15.2 Å². The first-order chi connectivity index (χ1) is 27.1. The molecule has 0 radical (unpaired) electrons. The normalized spacial score (nSPS) is 21.1. The number of piperazine rings is 1. The topological polar surface area (TPSA) is 124 Å². The predicted molar refractivity (Wildman–Crippen MR) is 205 cm³/mol. The summed E-state index contributed by atoms with van der Waals surface area (Å²) in [5.74, 6) is 1.62. The molecule has 0 spiro atoms. The number of halogens is 3. The van der Waals surface area contributed by atoms with Gasteiger partial charge in [-0.1, -0.05) is 30.2 Å². The Morgan fingerprint density at radius 3 is 2.77 bits per heavy atom. The molecule has 0 bridgehead atoms. The highest BCUT2D eigenvalue weighted by Crippen LogP contribution is 2.41. The maximum Gasteiger partial charge on any atom is 0.319 e. The second-order valence-electron chi connectivity index (χ2n) is 14.7. The fourth-order valence-corrected chi connectivity index (χ4v) is 8.56. The molecule has 3 atom stereocenters. The number of aromatic nitrogens is 5. The lowest BCUT2D eigenvalue weighted by molar-refractivity contribution is -0.128. The van der Waals surface area contributed by atoms with E-state index in [-0.39, 0.29) is 66.7 Å². The average Bonchev–Trinajstić information content (AvgIpc) is 3.71. The summed E-state index contributed by atoms with van der Waals surface area (Å²) in [6, 6.07) is 11.3. The molecule has 14 heteroatoms. The number of nitriles is 1. The molecule has 3 aliphatic rings. The first kappa shape index (κ1) is 36.8. The van der Waals surface area contributed by atoms with Gasteiger partial charge in [-0.3, -0.25) is 14.7 Å². The predicted octanol–water partition coefficient (Wildman–Crippen LogP) is 6.11. The quantitative estimate of drug-likeness (QED) is 0.135. The first-order valence-corrected chi connectivity index (χ1v) is 18.6. The summed E-state index contributed by atoms with van der Waals surface area (Å²) in [7, 11) is 0. The van der Waals surface area contributed by atoms with Crippen LogP contribution >= 0.6 is 0 Å². The molecule has 8 rings (SSSR count). The number of hydrogen-bond acceptors (Lipinski definition) is 10. The lowest BCUT2D eigenvalue weighted by Crippen LogP contribution is -2.55. The van der Waals surface area contributed by atoms with Gasteiger partial charge in [0.05, 0.1) is 40.7 Å². The van der Waals surface area contributed by atoms with Crippen LogP contribution in [0.4, 0.5) is 19.0 Å². The van der Waals surface area contributed by atoms with Gasteiger partial charge in [-0.15, -0.1) is 6.42 Å². The van der Waals surface area contributed by atoms with Crippen molar-refractivity contribution >= 4 is 39.5 Å². The van der Waals surface area contributed by atoms with Gasteiger partial charge in [-0.25, -0.2) is 23.1 Å². The Morgan fingerprint density at radius 2 is 1.96 bits per heavy atom. The summed E-state index contributed by atoms with van der Waals surface area (Å²) in [5.41, 5.74) is 0.959. The van der Waals surface area contributed by atoms with E-state index in [1.165, 1.54) is 18.3 Å². The zero-order valence-corrected chi connectivity index (χ0v) is 31.0. The third-order valence-corrected chi connectivity index (χ3v) is 11.0. The molecule has 3 aromatic heterocycles. The van der Waals surface area contributed by atoms with Crippen molar-refractivity contribution in [2.24, 2.45) is 0 Å². The molecule has 0 N–H and O–H groups in total. The Hall–Kier alpha value is -6.12. The molecule has 6 heterocycles. The van der Waals surface area contributed by atoms with Gasteiger partial charge in [0.1, 0.15) is 41.4 Å². The van der Waals surface area contributed by atoms with Crippen LogP contribution in [0.15, 0.2) is 48.7 Å². The van der Waals surface area contributed by atoms with Crippen LogP contribution in [0, 0.1) is 49.2 Å². The summed E-state index contributed by atoms with van der Waals surface area (Å²) >= 11 is 0. The highest BCUT2D eigenvalue weighted by atomic mass is 19.1. The number of carbonyl (C=O) groups excluding carboxylic acids is 1. The van der Waals surface area contributed by atoms with E-state index in [9.17, 15) is 18.8 Å². The summed E-state index contributed by atoms with van der Waals surface area (Å²) in [5, 5.41) is 11.0. The van der Waals surface area contributed by atoms with E-state index in [0.717, 1.165) is 25.1 Å². The standard InChI is InChI=1S/C42H38F3N9O2/c1-4-31-34(44)11-9-27-7-5-8-32(36(27)31)38-37(45)39-33(21-47-38)40(51-41(50-39)56-24-42-14-6-16-53(42)22-28(43)20-42)52-17-18-54(30(23-52)13-15-46)35(55)12-10-29-19-25(2)48-26(3)49-29/h1,5,7-12,19,21,28,30H,6,13-14,16-18,20,22-24H2,2-3H3/b12-10+/t28-,30+,42+/m1/s1. The van der Waals surface area contributed by atoms with Crippen molar-refractivity contribution in [3.05, 3.63) is 83.1 Å². The van der Waals surface area contributed by atoms with Gasteiger partial charge in [0.2, 0.25) is 5.91 Å². The van der Waals surface area contributed by atoms with Crippen molar-refractivity contribution in [3.8, 4) is 35.7 Å². The number of aryl methyl sites for hydroxylation is 2. The maximum absolute atomic E-state index is 17.0. The molecular weight excluding hydrogens is 720 g/mol. The lowest BCUT2D eigenvalue weighted by atomic mass is 9.95. The number of rotatable bonds is 8. The number of benzene rings is 2. The molecule has 3 saturated heterocycles. The molecule has 5 aromatic rings. The van der Waals surface area contributed by atoms with E-state index < -0.39 is 29.4 Å². The van der Waals surface area contributed by atoms with Crippen LogP contribution in [0.5, 0.6) is 6.01 Å². The van der Waals surface area contributed by atoms with Crippen LogP contribution in [0.3, 0.4) is 0 Å². The van der Waals surface area contributed by atoms with Crippen LogP contribution in [0.25, 0.3) is 39.0 Å². The SMILES string of the molecule is C#Cc1c(F)ccc2cccc(-c3ncc4c(N5CCN(C(=O)/C=C/c6cc(C)nc(C)n6)[C@@H](CC#N)C5)nc(OC[C@@]56CCCN5C[C@H](F)C6)nc4c3F)c12. The molecule has 284 valence electrons. The minimum Gasteiger partial charge on any atom is -0.461 e. The number of ether oxygens (including phenoxy) is 1. The summed E-state index contributed by atoms with van der Waals surface area (Å²) < 4.78 is 52.9. The highest BCUT2D eigenvalue weighted by Gasteiger charge is 2.49. The molecule has 2 aromatic carbocycles. The Kier molecular flexibility index (Phi) is 9.77. The molecule has 11 nitrogen and oxygen atoms in total. The molecule has 56 heavy (non-hydrogen) atoms. The zero-order valence-electron chi connectivity index (χ0n) is 31.0. The second kappa shape index (κ2) is 14.8. The number of hydrogen-bond donors (Lipinski definition) is 0. The number of amides is 1. The molecule has 0 saturated carbocycles. The Balaban J connectivity index is 1.18. The van der Waals surface area contributed by atoms with Crippen molar-refractivity contribution in [2.75, 3.05) is 44.2 Å². The van der Waals surface area contributed by atoms with E-state index in [4.69, 9.17) is 16.1 Å². The second-order valence-corrected chi connectivity index (χ2v) is 14.7. The number of terminal acetylenes is 1. The summed E-state index contributed by atoms with van der Waals surface area (Å²) in [4.78, 5) is 41.7. The largest absolute Gasteiger partial charge is 0.461 e. The van der Waals surface area contributed by atoms with E-state index in [0.29, 0.717) is 46.6 Å². The first-order valence-electron chi connectivity index (χ1n) is 18.6. The Morgan fingerprint density at radius 1 is 1.11 bits per heavy atom. The van der Waals surface area contributed by atoms with Crippen molar-refractivity contribution in [3.63, 3.8) is 0 Å². The number of nitrogens with zero attached hydrogens (tertiary/aromatic N) is 9. The van der Waals surface area contributed by atoms with Crippen LogP contribution in [0.2, 0.25) is 0 Å². The van der Waals surface area contributed by atoms with Gasteiger partial charge in [-0.05, 0) is 56.8 Å². The molecular formula is C42H38F3N9O2. The van der Waals surface area contributed by atoms with Gasteiger partial charge in [0.15, 0.2) is 5.82 Å². The fourth-order valence-electron chi connectivity index (χ4n) is 8.56. The van der Waals surface area contributed by atoms with E-state index >= 15 is 4.39 Å². The molecule has 0 unspecified atom stereocenters. The number of fused-ring (bicyclic) bond motifs is 3. The minimum atomic E-state index is -0.975. The zero-order chi connectivity index (χ0) is 39.1. The van der Waals surface area contributed by atoms with Crippen LogP contribution in [-0.4, -0.2) is 97.7 Å². The van der Waals surface area contributed by atoms with Crippen LogP contribution in [0.1, 0.15) is 48.5 Å². The summed E-state index contributed by atoms with van der Waals surface area (Å²) in [6.07, 6.45) is 11.3. The maximum atomic E-state index is 17.0. The average molecular weight is 758 g/mol. The number of anilines is 1. The number of pyridine rings is 1. The summed E-state index contributed by atoms with van der Waals surface area (Å²) in [6.45, 7) is 5.56.